The van der Waals surface area contributed by atoms with Crippen LogP contribution >= 0.6 is 0 Å². The number of carboxylic acids is 2. The topological polar surface area (TPSA) is 158 Å². The summed E-state index contributed by atoms with van der Waals surface area (Å²) < 4.78 is 0. The van der Waals surface area contributed by atoms with Crippen LogP contribution in [0.4, 0.5) is 0 Å². The molecule has 4 aromatic rings. The van der Waals surface area contributed by atoms with Crippen LogP contribution in [-0.4, -0.2) is 44.2 Å². The Morgan fingerprint density at radius 3 is 2.09 bits per heavy atom. The first-order valence-corrected chi connectivity index (χ1v) is 10.3. The number of aliphatic carboxylic acids is 2. The summed E-state index contributed by atoms with van der Waals surface area (Å²) in [5.41, 5.74) is 17.3. The van der Waals surface area contributed by atoms with E-state index in [1.54, 1.807) is 0 Å². The van der Waals surface area contributed by atoms with Crippen molar-refractivity contribution in [2.24, 2.45) is 11.5 Å². The number of carbonyl (C=O) groups is 2. The molecular weight excluding hydrogens is 408 g/mol. The van der Waals surface area contributed by atoms with Crippen LogP contribution in [0.2, 0.25) is 0 Å². The van der Waals surface area contributed by atoms with Crippen LogP contribution in [0.25, 0.3) is 21.8 Å². The first-order chi connectivity index (χ1) is 15.2. The smallest absolute Gasteiger partial charge is 0.320 e. The van der Waals surface area contributed by atoms with E-state index in [2.05, 4.69) is 9.97 Å². The number of nitrogens with two attached hydrogens (primary N) is 2. The lowest BCUT2D eigenvalue weighted by molar-refractivity contribution is -0.139. The van der Waals surface area contributed by atoms with E-state index >= 15 is 0 Å². The lowest BCUT2D eigenvalue weighted by Crippen LogP contribution is -2.32. The van der Waals surface area contributed by atoms with E-state index in [9.17, 15) is 9.59 Å². The predicted octanol–water partition coefficient (Wildman–Crippen LogP) is 2.86. The minimum absolute atomic E-state index is 0.346. The quantitative estimate of drug-likeness (QED) is 0.273. The summed E-state index contributed by atoms with van der Waals surface area (Å²) >= 11 is 0. The Balaban J connectivity index is 0.000000181. The number of aryl methyl sites for hydroxylation is 2. The largest absolute Gasteiger partial charge is 0.480 e. The van der Waals surface area contributed by atoms with E-state index < -0.39 is 24.0 Å². The number of carboxylic acid groups (broad SMARTS) is 2. The summed E-state index contributed by atoms with van der Waals surface area (Å²) in [5.74, 6) is -1.94. The fourth-order valence-corrected chi connectivity index (χ4v) is 3.65. The summed E-state index contributed by atoms with van der Waals surface area (Å²) in [4.78, 5) is 27.7. The number of hydrogen-bond donors (Lipinski definition) is 6. The molecule has 0 amide bonds. The molecule has 8 nitrogen and oxygen atoms in total. The van der Waals surface area contributed by atoms with Crippen molar-refractivity contribution in [2.45, 2.75) is 38.8 Å². The van der Waals surface area contributed by atoms with Crippen LogP contribution in [0.5, 0.6) is 0 Å². The first kappa shape index (κ1) is 23.1. The van der Waals surface area contributed by atoms with Crippen LogP contribution < -0.4 is 11.5 Å². The van der Waals surface area contributed by atoms with Crippen molar-refractivity contribution in [3.63, 3.8) is 0 Å². The number of rotatable bonds is 6. The zero-order valence-corrected chi connectivity index (χ0v) is 18.1. The second kappa shape index (κ2) is 9.67. The Labute approximate surface area is 185 Å². The van der Waals surface area contributed by atoms with E-state index in [0.717, 1.165) is 38.5 Å². The molecule has 8 heteroatoms. The molecule has 168 valence electrons. The molecule has 0 aliphatic heterocycles. The molecule has 32 heavy (non-hydrogen) atoms. The van der Waals surface area contributed by atoms with Gasteiger partial charge in [-0.1, -0.05) is 30.3 Å². The number of fused-ring (bicyclic) bond motifs is 2. The van der Waals surface area contributed by atoms with Crippen molar-refractivity contribution in [1.82, 2.24) is 9.97 Å². The molecule has 8 N–H and O–H groups in total. The Hall–Kier alpha value is -3.62. The Morgan fingerprint density at radius 2 is 1.47 bits per heavy atom. The highest BCUT2D eigenvalue weighted by Crippen LogP contribution is 2.22. The van der Waals surface area contributed by atoms with Gasteiger partial charge in [-0.25, -0.2) is 0 Å². The van der Waals surface area contributed by atoms with Gasteiger partial charge in [-0.3, -0.25) is 9.59 Å². The zero-order valence-electron chi connectivity index (χ0n) is 18.1. The van der Waals surface area contributed by atoms with Crippen LogP contribution in [0.15, 0.2) is 48.8 Å². The maximum absolute atomic E-state index is 10.7. The SMILES string of the molecule is Cc1ccc2c(C[C@H](N)C(=O)O)c[nH]c2c1.Cc1cccc2c(C[C@H](N)C(=O)O)c[nH]c12. The fraction of sp³-hybridized carbons (Fsp3) is 0.250. The van der Waals surface area contributed by atoms with Gasteiger partial charge >= 0.3 is 11.9 Å². The van der Waals surface area contributed by atoms with Crippen molar-refractivity contribution >= 4 is 33.7 Å². The van der Waals surface area contributed by atoms with E-state index in [4.69, 9.17) is 21.7 Å². The standard InChI is InChI=1S/2C12H14N2O2/c1-7-2-3-9-8(5-10(13)12(15)16)6-14-11(9)4-7;1-7-3-2-4-9-8(6-14-11(7)9)5-10(13)12(15)16/h2*2-4,6,10,14H,5,13H2,1H3,(H,15,16)/t2*10-/m00/s1. The summed E-state index contributed by atoms with van der Waals surface area (Å²) in [6.45, 7) is 4.03. The number of benzene rings is 2. The summed E-state index contributed by atoms with van der Waals surface area (Å²) in [5, 5.41) is 19.6. The van der Waals surface area contributed by atoms with Gasteiger partial charge in [0, 0.05) is 47.0 Å². The Kier molecular flexibility index (Phi) is 6.97. The summed E-state index contributed by atoms with van der Waals surface area (Å²) in [6, 6.07) is 10.3. The number of nitrogens with one attached hydrogen (secondary N) is 2. The van der Waals surface area contributed by atoms with Gasteiger partial charge < -0.3 is 31.6 Å². The van der Waals surface area contributed by atoms with E-state index in [1.165, 1.54) is 5.56 Å². The summed E-state index contributed by atoms with van der Waals surface area (Å²) in [6.07, 6.45) is 4.35. The lowest BCUT2D eigenvalue weighted by atomic mass is 10.0. The van der Waals surface area contributed by atoms with Crippen LogP contribution in [-0.2, 0) is 22.4 Å². The highest BCUT2D eigenvalue weighted by atomic mass is 16.4. The third-order valence-electron chi connectivity index (χ3n) is 5.45. The Morgan fingerprint density at radius 1 is 0.875 bits per heavy atom. The molecule has 0 unspecified atom stereocenters. The molecule has 0 aliphatic carbocycles. The van der Waals surface area contributed by atoms with Gasteiger partial charge in [-0.15, -0.1) is 0 Å². The third kappa shape index (κ3) is 5.16. The van der Waals surface area contributed by atoms with E-state index in [1.807, 2.05) is 62.6 Å². The second-order valence-electron chi connectivity index (χ2n) is 7.97. The zero-order chi connectivity index (χ0) is 23.4. The van der Waals surface area contributed by atoms with Gasteiger partial charge in [0.05, 0.1) is 0 Å². The normalized spacial score (nSPS) is 12.9. The number of para-hydroxylation sites is 1. The van der Waals surface area contributed by atoms with Gasteiger partial charge in [0.25, 0.3) is 0 Å². The number of H-pyrrole nitrogens is 2. The van der Waals surface area contributed by atoms with Gasteiger partial charge in [0.1, 0.15) is 12.1 Å². The van der Waals surface area contributed by atoms with Crippen molar-refractivity contribution in [3.8, 4) is 0 Å². The molecule has 4 rings (SSSR count). The van der Waals surface area contributed by atoms with Crippen molar-refractivity contribution in [1.29, 1.82) is 0 Å². The maximum atomic E-state index is 10.7. The number of aromatic nitrogens is 2. The first-order valence-electron chi connectivity index (χ1n) is 10.3. The van der Waals surface area contributed by atoms with Crippen LogP contribution in [0, 0.1) is 13.8 Å². The third-order valence-corrected chi connectivity index (χ3v) is 5.45. The average molecular weight is 437 g/mol. The van der Waals surface area contributed by atoms with Crippen LogP contribution in [0.3, 0.4) is 0 Å². The average Bonchev–Trinajstić information content (AvgIpc) is 3.33. The minimum Gasteiger partial charge on any atom is -0.480 e. The molecule has 2 aromatic carbocycles. The molecule has 2 aromatic heterocycles. The van der Waals surface area contributed by atoms with Crippen LogP contribution in [0.1, 0.15) is 22.3 Å². The van der Waals surface area contributed by atoms with E-state index in [0.29, 0.717) is 12.8 Å². The minimum atomic E-state index is -0.971. The Bertz CT molecular complexity index is 1260. The lowest BCUT2D eigenvalue weighted by Gasteiger charge is -2.04. The molecule has 0 spiro atoms. The predicted molar refractivity (Wildman–Crippen MR) is 125 cm³/mol. The van der Waals surface area contributed by atoms with Crippen molar-refractivity contribution in [3.05, 3.63) is 71.0 Å². The number of aromatic amines is 2. The molecule has 0 bridgehead atoms. The van der Waals surface area contributed by atoms with Gasteiger partial charge in [-0.2, -0.15) is 0 Å². The molecule has 2 heterocycles. The second-order valence-corrected chi connectivity index (χ2v) is 7.97. The van der Waals surface area contributed by atoms with Gasteiger partial charge in [-0.05, 0) is 42.2 Å². The fourth-order valence-electron chi connectivity index (χ4n) is 3.65. The molecule has 2 atom stereocenters. The van der Waals surface area contributed by atoms with Crippen molar-refractivity contribution < 1.29 is 19.8 Å². The molecule has 0 aliphatic rings. The highest BCUT2D eigenvalue weighted by molar-refractivity contribution is 5.87. The molecule has 0 radical (unpaired) electrons. The molecule has 0 fully saturated rings. The summed E-state index contributed by atoms with van der Waals surface area (Å²) in [7, 11) is 0. The van der Waals surface area contributed by atoms with Crippen molar-refractivity contribution in [2.75, 3.05) is 0 Å². The highest BCUT2D eigenvalue weighted by Gasteiger charge is 2.15. The maximum Gasteiger partial charge on any atom is 0.320 e. The molecular formula is C24H28N4O4. The van der Waals surface area contributed by atoms with Gasteiger partial charge in [0.15, 0.2) is 0 Å². The number of hydrogen-bond acceptors (Lipinski definition) is 4. The van der Waals surface area contributed by atoms with Gasteiger partial charge in [0.2, 0.25) is 0 Å². The van der Waals surface area contributed by atoms with E-state index in [-0.39, 0.29) is 0 Å². The monoisotopic (exact) mass is 436 g/mol. The molecule has 0 saturated heterocycles. The molecule has 0 saturated carbocycles.